The van der Waals surface area contributed by atoms with Gasteiger partial charge in [0.2, 0.25) is 0 Å². The van der Waals surface area contributed by atoms with Gasteiger partial charge in [-0.15, -0.1) is 0 Å². The number of rotatable bonds is 7. The van der Waals surface area contributed by atoms with Crippen LogP contribution in [-0.2, 0) is 4.74 Å². The molecule has 1 rings (SSSR count). The van der Waals surface area contributed by atoms with Gasteiger partial charge in [0, 0.05) is 33.7 Å². The van der Waals surface area contributed by atoms with Crippen molar-refractivity contribution in [2.24, 2.45) is 0 Å². The summed E-state index contributed by atoms with van der Waals surface area (Å²) >= 11 is 0. The number of hydrogen-bond donors (Lipinski definition) is 1. The summed E-state index contributed by atoms with van der Waals surface area (Å²) in [5.74, 6) is 0. The zero-order valence-electron chi connectivity index (χ0n) is 11.2. The van der Waals surface area contributed by atoms with Crippen LogP contribution in [0, 0.1) is 0 Å². The highest BCUT2D eigenvalue weighted by molar-refractivity contribution is 4.78. The minimum atomic E-state index is 0. The highest BCUT2D eigenvalue weighted by Crippen LogP contribution is 2.22. The van der Waals surface area contributed by atoms with Crippen molar-refractivity contribution >= 4 is 0 Å². The van der Waals surface area contributed by atoms with Crippen molar-refractivity contribution in [3.05, 3.63) is 0 Å². The molecule has 3 heteroatoms. The van der Waals surface area contributed by atoms with E-state index in [0.29, 0.717) is 6.04 Å². The molecule has 1 aliphatic carbocycles. The molecule has 0 aromatic rings. The van der Waals surface area contributed by atoms with E-state index in [1.54, 1.807) is 7.11 Å². The quantitative estimate of drug-likeness (QED) is 0.678. The van der Waals surface area contributed by atoms with E-state index in [-0.39, 0.29) is 1.43 Å². The molecule has 0 bridgehead atoms. The second-order valence-corrected chi connectivity index (χ2v) is 5.00. The largest absolute Gasteiger partial charge is 0.383 e. The lowest BCUT2D eigenvalue weighted by molar-refractivity contribution is 0.140. The first-order chi connectivity index (χ1) is 7.75. The standard InChI is InChI=1S/C13H28N2O.H2/c1-12(11-14-9-10-16-3)15(2)13-7-5-4-6-8-13;/h12-14H,4-11H2,1-3H3;1H. The maximum absolute atomic E-state index is 5.02. The minimum absolute atomic E-state index is 0. The third-order valence-electron chi connectivity index (χ3n) is 3.77. The average molecular weight is 230 g/mol. The predicted octanol–water partition coefficient (Wildman–Crippen LogP) is 2.12. The fraction of sp³-hybridized carbons (Fsp3) is 1.00. The average Bonchev–Trinajstić information content (AvgIpc) is 2.34. The highest BCUT2D eigenvalue weighted by atomic mass is 16.5. The van der Waals surface area contributed by atoms with Gasteiger partial charge in [-0.25, -0.2) is 0 Å². The predicted molar refractivity (Wildman–Crippen MR) is 71.0 cm³/mol. The zero-order valence-corrected chi connectivity index (χ0v) is 11.2. The maximum atomic E-state index is 5.02. The molecule has 0 saturated heterocycles. The normalized spacial score (nSPS) is 20.2. The number of ether oxygens (including phenoxy) is 1. The molecule has 0 aliphatic heterocycles. The molecule has 1 saturated carbocycles. The van der Waals surface area contributed by atoms with Gasteiger partial charge < -0.3 is 10.1 Å². The van der Waals surface area contributed by atoms with E-state index in [1.165, 1.54) is 32.1 Å². The van der Waals surface area contributed by atoms with Gasteiger partial charge in [-0.2, -0.15) is 0 Å². The van der Waals surface area contributed by atoms with E-state index in [9.17, 15) is 0 Å². The molecule has 1 unspecified atom stereocenters. The van der Waals surface area contributed by atoms with Crippen LogP contribution < -0.4 is 5.32 Å². The van der Waals surface area contributed by atoms with E-state index in [2.05, 4.69) is 24.2 Å². The van der Waals surface area contributed by atoms with Gasteiger partial charge in [-0.05, 0) is 26.8 Å². The molecule has 1 atom stereocenters. The van der Waals surface area contributed by atoms with Crippen LogP contribution in [0.3, 0.4) is 0 Å². The Balaban J connectivity index is 0.00000256. The van der Waals surface area contributed by atoms with Crippen LogP contribution in [-0.4, -0.2) is 50.8 Å². The Kier molecular flexibility index (Phi) is 7.01. The minimum Gasteiger partial charge on any atom is -0.383 e. The monoisotopic (exact) mass is 230 g/mol. The summed E-state index contributed by atoms with van der Waals surface area (Å²) in [5.41, 5.74) is 0. The summed E-state index contributed by atoms with van der Waals surface area (Å²) in [6.45, 7) is 5.14. The second-order valence-electron chi connectivity index (χ2n) is 5.00. The van der Waals surface area contributed by atoms with Crippen molar-refractivity contribution < 1.29 is 6.16 Å². The van der Waals surface area contributed by atoms with E-state index >= 15 is 0 Å². The topological polar surface area (TPSA) is 24.5 Å². The van der Waals surface area contributed by atoms with E-state index in [0.717, 1.165) is 25.7 Å². The van der Waals surface area contributed by atoms with Crippen molar-refractivity contribution in [1.82, 2.24) is 10.2 Å². The smallest absolute Gasteiger partial charge is 0.0587 e. The van der Waals surface area contributed by atoms with Gasteiger partial charge in [0.15, 0.2) is 0 Å². The van der Waals surface area contributed by atoms with Crippen LogP contribution in [0.4, 0.5) is 0 Å². The number of nitrogens with one attached hydrogen (secondary N) is 1. The Labute approximate surface area is 102 Å². The summed E-state index contributed by atoms with van der Waals surface area (Å²) in [4.78, 5) is 2.55. The third kappa shape index (κ3) is 4.81. The fourth-order valence-corrected chi connectivity index (χ4v) is 2.48. The Bertz CT molecular complexity index is 175. The third-order valence-corrected chi connectivity index (χ3v) is 3.77. The number of likely N-dealkylation sites (N-methyl/N-ethyl adjacent to an activating group) is 1. The highest BCUT2D eigenvalue weighted by Gasteiger charge is 2.21. The Morgan fingerprint density at radius 2 is 2.06 bits per heavy atom. The molecular formula is C13H30N2O. The Morgan fingerprint density at radius 3 is 2.69 bits per heavy atom. The molecule has 16 heavy (non-hydrogen) atoms. The van der Waals surface area contributed by atoms with Crippen molar-refractivity contribution in [1.29, 1.82) is 0 Å². The van der Waals surface area contributed by atoms with Crippen LogP contribution in [0.2, 0.25) is 0 Å². The molecule has 98 valence electrons. The molecule has 0 radical (unpaired) electrons. The number of methoxy groups -OCH3 is 1. The SMILES string of the molecule is COCCNCC(C)N(C)C1CCCCC1.[HH]. The van der Waals surface area contributed by atoms with Crippen molar-refractivity contribution in [2.45, 2.75) is 51.1 Å². The molecule has 0 heterocycles. The number of hydrogen-bond acceptors (Lipinski definition) is 3. The van der Waals surface area contributed by atoms with Crippen molar-refractivity contribution in [3.63, 3.8) is 0 Å². The van der Waals surface area contributed by atoms with Crippen molar-refractivity contribution in [2.75, 3.05) is 33.9 Å². The van der Waals surface area contributed by atoms with Gasteiger partial charge in [0.25, 0.3) is 0 Å². The van der Waals surface area contributed by atoms with Crippen LogP contribution in [0.5, 0.6) is 0 Å². The van der Waals surface area contributed by atoms with E-state index < -0.39 is 0 Å². The van der Waals surface area contributed by atoms with Gasteiger partial charge in [0.1, 0.15) is 0 Å². The van der Waals surface area contributed by atoms with Crippen LogP contribution in [0.1, 0.15) is 40.5 Å². The maximum Gasteiger partial charge on any atom is 0.0587 e. The van der Waals surface area contributed by atoms with Crippen LogP contribution in [0.25, 0.3) is 0 Å². The van der Waals surface area contributed by atoms with E-state index in [4.69, 9.17) is 4.74 Å². The summed E-state index contributed by atoms with van der Waals surface area (Å²) < 4.78 is 5.02. The van der Waals surface area contributed by atoms with Gasteiger partial charge >= 0.3 is 0 Å². The first kappa shape index (κ1) is 13.9. The molecule has 1 N–H and O–H groups in total. The summed E-state index contributed by atoms with van der Waals surface area (Å²) in [6, 6.07) is 1.44. The summed E-state index contributed by atoms with van der Waals surface area (Å²) in [7, 11) is 4.03. The lowest BCUT2D eigenvalue weighted by atomic mass is 9.94. The fourth-order valence-electron chi connectivity index (χ4n) is 2.48. The first-order valence-corrected chi connectivity index (χ1v) is 6.67. The Hall–Kier alpha value is -0.120. The number of nitrogens with zero attached hydrogens (tertiary/aromatic N) is 1. The molecule has 3 nitrogen and oxygen atoms in total. The van der Waals surface area contributed by atoms with E-state index in [1.807, 2.05) is 0 Å². The lowest BCUT2D eigenvalue weighted by Crippen LogP contribution is -2.45. The summed E-state index contributed by atoms with van der Waals surface area (Å²) in [6.07, 6.45) is 7.04. The van der Waals surface area contributed by atoms with Gasteiger partial charge in [0.05, 0.1) is 6.61 Å². The van der Waals surface area contributed by atoms with Crippen molar-refractivity contribution in [3.8, 4) is 0 Å². The molecule has 0 aromatic heterocycles. The lowest BCUT2D eigenvalue weighted by Gasteiger charge is -2.35. The van der Waals surface area contributed by atoms with Gasteiger partial charge in [-0.1, -0.05) is 19.3 Å². The molecular weight excluding hydrogens is 200 g/mol. The van der Waals surface area contributed by atoms with Crippen LogP contribution in [0.15, 0.2) is 0 Å². The van der Waals surface area contributed by atoms with Gasteiger partial charge in [-0.3, -0.25) is 4.90 Å². The molecule has 0 aromatic carbocycles. The molecule has 0 spiro atoms. The molecule has 0 amide bonds. The van der Waals surface area contributed by atoms with Crippen LogP contribution >= 0.6 is 0 Å². The first-order valence-electron chi connectivity index (χ1n) is 6.67. The zero-order chi connectivity index (χ0) is 11.8. The Morgan fingerprint density at radius 1 is 1.38 bits per heavy atom. The molecule has 1 aliphatic rings. The molecule has 1 fully saturated rings. The second kappa shape index (κ2) is 8.04. The summed E-state index contributed by atoms with van der Waals surface area (Å²) in [5, 5.41) is 3.44.